The first-order valence-electron chi connectivity index (χ1n) is 5.16. The predicted octanol–water partition coefficient (Wildman–Crippen LogP) is 5.12. The van der Waals surface area contributed by atoms with Gasteiger partial charge in [-0.05, 0) is 36.4 Å². The van der Waals surface area contributed by atoms with Crippen molar-refractivity contribution in [2.45, 2.75) is 0 Å². The van der Waals surface area contributed by atoms with Crippen LogP contribution in [0.3, 0.4) is 0 Å². The normalized spacial score (nSPS) is 11.4. The lowest BCUT2D eigenvalue weighted by molar-refractivity contribution is 1.34. The third-order valence-electron chi connectivity index (χ3n) is 2.21. The molecule has 0 aromatic heterocycles. The molecule has 18 heavy (non-hydrogen) atoms. The van der Waals surface area contributed by atoms with Crippen LogP contribution in [0.5, 0.6) is 0 Å². The summed E-state index contributed by atoms with van der Waals surface area (Å²) in [5.74, 6) is 0. The van der Waals surface area contributed by atoms with Gasteiger partial charge in [-0.2, -0.15) is 5.10 Å². The number of hydrogen-bond donors (Lipinski definition) is 1. The molecular formula is C13H9BrCl2N2. The Bertz CT molecular complexity index is 550. The van der Waals surface area contributed by atoms with Crippen molar-refractivity contribution < 1.29 is 0 Å². The Balaban J connectivity index is 2.09. The average Bonchev–Trinajstić information content (AvgIpc) is 2.38. The van der Waals surface area contributed by atoms with Gasteiger partial charge in [0.05, 0.1) is 5.69 Å². The van der Waals surface area contributed by atoms with Crippen LogP contribution < -0.4 is 5.43 Å². The third-order valence-corrected chi connectivity index (χ3v) is 3.29. The molecule has 0 aliphatic carbocycles. The van der Waals surface area contributed by atoms with E-state index in [4.69, 9.17) is 23.2 Å². The van der Waals surface area contributed by atoms with Crippen molar-refractivity contribution >= 4 is 50.0 Å². The van der Waals surface area contributed by atoms with Crippen molar-refractivity contribution in [2.75, 3.05) is 5.43 Å². The summed E-state index contributed by atoms with van der Waals surface area (Å²) < 4.78 is 1.00. The van der Waals surface area contributed by atoms with Gasteiger partial charge in [-0.1, -0.05) is 51.3 Å². The largest absolute Gasteiger partial charge is 0.277 e. The zero-order valence-electron chi connectivity index (χ0n) is 9.20. The highest BCUT2D eigenvalue weighted by Crippen LogP contribution is 2.15. The van der Waals surface area contributed by atoms with Crippen molar-refractivity contribution in [3.63, 3.8) is 0 Å². The minimum atomic E-state index is 0.400. The van der Waals surface area contributed by atoms with Gasteiger partial charge in [0.1, 0.15) is 0 Å². The monoisotopic (exact) mass is 342 g/mol. The zero-order valence-corrected chi connectivity index (χ0v) is 12.3. The van der Waals surface area contributed by atoms with E-state index in [1.165, 1.54) is 0 Å². The maximum absolute atomic E-state index is 6.09. The van der Waals surface area contributed by atoms with E-state index in [-0.39, 0.29) is 0 Å². The molecule has 0 radical (unpaired) electrons. The second kappa shape index (κ2) is 6.23. The summed E-state index contributed by atoms with van der Waals surface area (Å²) in [5.41, 5.74) is 4.55. The predicted molar refractivity (Wildman–Crippen MR) is 81.6 cm³/mol. The third kappa shape index (κ3) is 3.73. The van der Waals surface area contributed by atoms with E-state index in [0.29, 0.717) is 10.2 Å². The highest BCUT2D eigenvalue weighted by atomic mass is 79.9. The van der Waals surface area contributed by atoms with E-state index >= 15 is 0 Å². The van der Waals surface area contributed by atoms with Crippen LogP contribution in [0.15, 0.2) is 58.1 Å². The molecule has 0 atom stereocenters. The molecule has 0 aliphatic rings. The van der Waals surface area contributed by atoms with Crippen LogP contribution in [-0.4, -0.2) is 5.17 Å². The fourth-order valence-corrected chi connectivity index (χ4v) is 1.85. The summed E-state index contributed by atoms with van der Waals surface area (Å²) in [7, 11) is 0. The van der Waals surface area contributed by atoms with Crippen LogP contribution in [0.25, 0.3) is 0 Å². The van der Waals surface area contributed by atoms with Crippen LogP contribution >= 0.6 is 39.1 Å². The number of nitrogens with zero attached hydrogens (tertiary/aromatic N) is 1. The highest BCUT2D eigenvalue weighted by Gasteiger charge is 1.99. The molecule has 2 nitrogen and oxygen atoms in total. The van der Waals surface area contributed by atoms with Crippen molar-refractivity contribution in [1.82, 2.24) is 0 Å². The Labute approximate surface area is 124 Å². The van der Waals surface area contributed by atoms with E-state index in [0.717, 1.165) is 15.7 Å². The van der Waals surface area contributed by atoms with Crippen molar-refractivity contribution in [3.05, 3.63) is 63.6 Å². The summed E-state index contributed by atoms with van der Waals surface area (Å²) in [6.07, 6.45) is 0. The first-order chi connectivity index (χ1) is 8.65. The number of rotatable bonds is 3. The van der Waals surface area contributed by atoms with E-state index in [1.54, 1.807) is 12.1 Å². The first kappa shape index (κ1) is 13.4. The van der Waals surface area contributed by atoms with Gasteiger partial charge >= 0.3 is 0 Å². The summed E-state index contributed by atoms with van der Waals surface area (Å²) in [5, 5.41) is 5.18. The molecule has 1 N–H and O–H groups in total. The summed E-state index contributed by atoms with van der Waals surface area (Å²) in [4.78, 5) is 0. The summed E-state index contributed by atoms with van der Waals surface area (Å²) in [6, 6.07) is 14.8. The maximum Gasteiger partial charge on any atom is 0.156 e. The number of hydrazone groups is 1. The molecule has 0 heterocycles. The molecule has 0 aliphatic heterocycles. The molecule has 0 saturated heterocycles. The van der Waals surface area contributed by atoms with Gasteiger partial charge in [-0.25, -0.2) is 0 Å². The standard InChI is InChI=1S/C13H9BrCl2N2/c14-10-3-1-9(2-4-10)13(16)18-17-12-7-5-11(15)6-8-12/h1-8,17H/b18-13-. The summed E-state index contributed by atoms with van der Waals surface area (Å²) in [6.45, 7) is 0. The van der Waals surface area contributed by atoms with Crippen LogP contribution in [0.4, 0.5) is 5.69 Å². The molecule has 2 aromatic rings. The Morgan fingerprint density at radius 1 is 1.00 bits per heavy atom. The van der Waals surface area contributed by atoms with Crippen LogP contribution in [0, 0.1) is 0 Å². The van der Waals surface area contributed by atoms with Gasteiger partial charge in [0.2, 0.25) is 0 Å². The smallest absolute Gasteiger partial charge is 0.156 e. The Hall–Kier alpha value is -1.03. The van der Waals surface area contributed by atoms with Gasteiger partial charge in [0.15, 0.2) is 5.17 Å². The number of benzene rings is 2. The van der Waals surface area contributed by atoms with Crippen LogP contribution in [0.1, 0.15) is 5.56 Å². The molecule has 2 aromatic carbocycles. The average molecular weight is 344 g/mol. The number of anilines is 1. The minimum Gasteiger partial charge on any atom is -0.277 e. The molecule has 0 bridgehead atoms. The first-order valence-corrected chi connectivity index (χ1v) is 6.71. The highest BCUT2D eigenvalue weighted by molar-refractivity contribution is 9.10. The Kier molecular flexibility index (Phi) is 4.64. The molecule has 2 rings (SSSR count). The zero-order chi connectivity index (χ0) is 13.0. The molecule has 0 fully saturated rings. The number of halogens is 3. The number of hydrogen-bond acceptors (Lipinski definition) is 2. The van der Waals surface area contributed by atoms with Gasteiger partial charge < -0.3 is 0 Å². The lowest BCUT2D eigenvalue weighted by Gasteiger charge is -2.02. The molecule has 0 unspecified atom stereocenters. The van der Waals surface area contributed by atoms with Crippen molar-refractivity contribution in [3.8, 4) is 0 Å². The Morgan fingerprint density at radius 2 is 1.61 bits per heavy atom. The van der Waals surface area contributed by atoms with Crippen molar-refractivity contribution in [1.29, 1.82) is 0 Å². The lowest BCUT2D eigenvalue weighted by atomic mass is 10.2. The van der Waals surface area contributed by atoms with E-state index in [1.807, 2.05) is 36.4 Å². The second-order valence-corrected chi connectivity index (χ2v) is 5.24. The van der Waals surface area contributed by atoms with Crippen LogP contribution in [0.2, 0.25) is 5.02 Å². The van der Waals surface area contributed by atoms with Gasteiger partial charge in [-0.3, -0.25) is 5.43 Å². The van der Waals surface area contributed by atoms with E-state index in [2.05, 4.69) is 26.5 Å². The maximum atomic E-state index is 6.09. The molecule has 5 heteroatoms. The van der Waals surface area contributed by atoms with E-state index < -0.39 is 0 Å². The second-order valence-electron chi connectivity index (χ2n) is 3.53. The fourth-order valence-electron chi connectivity index (χ4n) is 1.29. The quantitative estimate of drug-likeness (QED) is 0.607. The van der Waals surface area contributed by atoms with Gasteiger partial charge in [0, 0.05) is 15.1 Å². The summed E-state index contributed by atoms with van der Waals surface area (Å²) >= 11 is 15.2. The SMILES string of the molecule is Cl/C(=N\Nc1ccc(Cl)cc1)c1ccc(Br)cc1. The lowest BCUT2D eigenvalue weighted by Crippen LogP contribution is -1.96. The molecule has 0 spiro atoms. The topological polar surface area (TPSA) is 24.4 Å². The Morgan fingerprint density at radius 3 is 2.22 bits per heavy atom. The minimum absolute atomic E-state index is 0.400. The van der Waals surface area contributed by atoms with Gasteiger partial charge in [-0.15, -0.1) is 0 Å². The van der Waals surface area contributed by atoms with E-state index in [9.17, 15) is 0 Å². The molecule has 92 valence electrons. The number of nitrogens with one attached hydrogen (secondary N) is 1. The molecular weight excluding hydrogens is 335 g/mol. The van der Waals surface area contributed by atoms with Crippen LogP contribution in [-0.2, 0) is 0 Å². The molecule has 0 saturated carbocycles. The van der Waals surface area contributed by atoms with Crippen molar-refractivity contribution in [2.24, 2.45) is 5.10 Å². The molecule has 0 amide bonds. The van der Waals surface area contributed by atoms with Gasteiger partial charge in [0.25, 0.3) is 0 Å². The fraction of sp³-hybridized carbons (Fsp3) is 0.